The molecule has 0 aliphatic heterocycles. The van der Waals surface area contributed by atoms with Gasteiger partial charge < -0.3 is 10.6 Å². The molecular formula is C11H22N2O2. The highest BCUT2D eigenvalue weighted by Gasteiger charge is 2.14. The molecule has 0 bridgehead atoms. The summed E-state index contributed by atoms with van der Waals surface area (Å²) in [7, 11) is 0. The molecular weight excluding hydrogens is 192 g/mol. The van der Waals surface area contributed by atoms with Gasteiger partial charge in [0, 0.05) is 12.5 Å². The Morgan fingerprint density at radius 1 is 1.07 bits per heavy atom. The number of rotatable bonds is 7. The van der Waals surface area contributed by atoms with Crippen LogP contribution >= 0.6 is 0 Å². The van der Waals surface area contributed by atoms with Crippen LogP contribution in [0.2, 0.25) is 0 Å². The van der Waals surface area contributed by atoms with Gasteiger partial charge in [0.25, 0.3) is 0 Å². The van der Waals surface area contributed by atoms with Crippen LogP contribution in [0, 0.1) is 5.92 Å². The number of hydrogen-bond donors (Lipinski definition) is 2. The van der Waals surface area contributed by atoms with Crippen LogP contribution in [0.15, 0.2) is 0 Å². The van der Waals surface area contributed by atoms with Crippen molar-refractivity contribution in [3.63, 3.8) is 0 Å². The Morgan fingerprint density at radius 2 is 1.67 bits per heavy atom. The first-order valence-electron chi connectivity index (χ1n) is 5.70. The average molecular weight is 214 g/mol. The summed E-state index contributed by atoms with van der Waals surface area (Å²) in [5, 5.41) is 5.35. The zero-order valence-electron chi connectivity index (χ0n) is 9.93. The maximum atomic E-state index is 11.5. The van der Waals surface area contributed by atoms with E-state index < -0.39 is 0 Å². The van der Waals surface area contributed by atoms with Crippen molar-refractivity contribution in [3.8, 4) is 0 Å². The Balaban J connectivity index is 3.74. The summed E-state index contributed by atoms with van der Waals surface area (Å²) < 4.78 is 0. The van der Waals surface area contributed by atoms with Crippen molar-refractivity contribution in [1.29, 1.82) is 0 Å². The highest BCUT2D eigenvalue weighted by atomic mass is 16.2. The molecule has 0 unspecified atom stereocenters. The highest BCUT2D eigenvalue weighted by molar-refractivity contribution is 5.85. The lowest BCUT2D eigenvalue weighted by Gasteiger charge is -2.12. The minimum atomic E-state index is -0.115. The van der Waals surface area contributed by atoms with E-state index in [1.165, 1.54) is 0 Å². The van der Waals surface area contributed by atoms with E-state index in [1.54, 1.807) is 0 Å². The van der Waals surface area contributed by atoms with Crippen LogP contribution in [0.3, 0.4) is 0 Å². The van der Waals surface area contributed by atoms with E-state index >= 15 is 0 Å². The molecule has 0 aromatic carbocycles. The molecule has 0 rings (SSSR count). The lowest BCUT2D eigenvalue weighted by atomic mass is 10.0. The van der Waals surface area contributed by atoms with Gasteiger partial charge in [0.2, 0.25) is 11.8 Å². The van der Waals surface area contributed by atoms with E-state index in [9.17, 15) is 9.59 Å². The van der Waals surface area contributed by atoms with Crippen LogP contribution in [-0.2, 0) is 9.59 Å². The topological polar surface area (TPSA) is 58.2 Å². The number of carbonyl (C=O) groups is 2. The van der Waals surface area contributed by atoms with Crippen molar-refractivity contribution in [1.82, 2.24) is 10.6 Å². The van der Waals surface area contributed by atoms with Crippen LogP contribution in [0.1, 0.15) is 40.0 Å². The quantitative estimate of drug-likeness (QED) is 0.666. The van der Waals surface area contributed by atoms with Gasteiger partial charge in [-0.25, -0.2) is 0 Å². The standard InChI is InChI=1S/C11H22N2O2/c1-4-7-12-10(14)8-13-11(15)9(5-2)6-3/h9H,4-8H2,1-3H3,(H,12,14)(H,13,15). The summed E-state index contributed by atoms with van der Waals surface area (Å²) in [5.74, 6) is -0.105. The molecule has 0 aliphatic rings. The summed E-state index contributed by atoms with van der Waals surface area (Å²) >= 11 is 0. The van der Waals surface area contributed by atoms with Gasteiger partial charge in [-0.1, -0.05) is 20.8 Å². The van der Waals surface area contributed by atoms with Gasteiger partial charge >= 0.3 is 0 Å². The molecule has 2 N–H and O–H groups in total. The molecule has 0 atom stereocenters. The Hall–Kier alpha value is -1.06. The van der Waals surface area contributed by atoms with Crippen LogP contribution < -0.4 is 10.6 Å². The predicted octanol–water partition coefficient (Wildman–Crippen LogP) is 1.06. The predicted molar refractivity (Wildman–Crippen MR) is 60.4 cm³/mol. The minimum Gasteiger partial charge on any atom is -0.355 e. The number of carbonyl (C=O) groups excluding carboxylic acids is 2. The van der Waals surface area contributed by atoms with Crippen molar-refractivity contribution in [3.05, 3.63) is 0 Å². The van der Waals surface area contributed by atoms with Gasteiger partial charge in [0.15, 0.2) is 0 Å². The fraction of sp³-hybridized carbons (Fsp3) is 0.818. The summed E-state index contributed by atoms with van der Waals surface area (Å²) in [4.78, 5) is 22.7. The van der Waals surface area contributed by atoms with Gasteiger partial charge in [-0.15, -0.1) is 0 Å². The second-order valence-corrected chi connectivity index (χ2v) is 3.58. The maximum absolute atomic E-state index is 11.5. The lowest BCUT2D eigenvalue weighted by Crippen LogP contribution is -2.39. The fourth-order valence-corrected chi connectivity index (χ4v) is 1.30. The molecule has 0 spiro atoms. The first-order valence-corrected chi connectivity index (χ1v) is 5.70. The second kappa shape index (κ2) is 8.26. The Bertz CT molecular complexity index is 201. The molecule has 0 saturated carbocycles. The van der Waals surface area contributed by atoms with Gasteiger partial charge in [-0.2, -0.15) is 0 Å². The lowest BCUT2D eigenvalue weighted by molar-refractivity contribution is -0.128. The van der Waals surface area contributed by atoms with Gasteiger partial charge in [-0.05, 0) is 19.3 Å². The molecule has 0 aromatic heterocycles. The van der Waals surface area contributed by atoms with Crippen LogP contribution in [0.25, 0.3) is 0 Å². The van der Waals surface area contributed by atoms with Crippen LogP contribution in [-0.4, -0.2) is 24.9 Å². The molecule has 0 saturated heterocycles. The molecule has 15 heavy (non-hydrogen) atoms. The third kappa shape index (κ3) is 6.10. The Morgan fingerprint density at radius 3 is 2.13 bits per heavy atom. The maximum Gasteiger partial charge on any atom is 0.239 e. The summed E-state index contributed by atoms with van der Waals surface area (Å²) in [6.45, 7) is 6.70. The summed E-state index contributed by atoms with van der Waals surface area (Å²) in [6, 6.07) is 0. The molecule has 2 amide bonds. The normalized spacial score (nSPS) is 10.1. The molecule has 0 aliphatic carbocycles. The summed E-state index contributed by atoms with van der Waals surface area (Å²) in [5.41, 5.74) is 0. The van der Waals surface area contributed by atoms with E-state index in [0.717, 1.165) is 19.3 Å². The van der Waals surface area contributed by atoms with Crippen molar-refractivity contribution in [2.75, 3.05) is 13.1 Å². The smallest absolute Gasteiger partial charge is 0.239 e. The molecule has 0 fully saturated rings. The van der Waals surface area contributed by atoms with Crippen molar-refractivity contribution in [2.45, 2.75) is 40.0 Å². The molecule has 0 aromatic rings. The van der Waals surface area contributed by atoms with E-state index in [-0.39, 0.29) is 24.3 Å². The third-order valence-electron chi connectivity index (χ3n) is 2.35. The van der Waals surface area contributed by atoms with Crippen LogP contribution in [0.4, 0.5) is 0 Å². The van der Waals surface area contributed by atoms with E-state index in [4.69, 9.17) is 0 Å². The molecule has 0 heterocycles. The summed E-state index contributed by atoms with van der Waals surface area (Å²) in [6.07, 6.45) is 2.55. The van der Waals surface area contributed by atoms with Crippen molar-refractivity contribution < 1.29 is 9.59 Å². The molecule has 4 heteroatoms. The van der Waals surface area contributed by atoms with Gasteiger partial charge in [0.1, 0.15) is 0 Å². The highest BCUT2D eigenvalue weighted by Crippen LogP contribution is 2.06. The zero-order valence-corrected chi connectivity index (χ0v) is 9.93. The first-order chi connectivity index (χ1) is 7.15. The monoisotopic (exact) mass is 214 g/mol. The first kappa shape index (κ1) is 13.9. The number of amides is 2. The molecule has 88 valence electrons. The molecule has 0 radical (unpaired) electrons. The number of hydrogen-bond acceptors (Lipinski definition) is 2. The van der Waals surface area contributed by atoms with E-state index in [1.807, 2.05) is 20.8 Å². The van der Waals surface area contributed by atoms with Crippen LogP contribution in [0.5, 0.6) is 0 Å². The van der Waals surface area contributed by atoms with Gasteiger partial charge in [0.05, 0.1) is 6.54 Å². The van der Waals surface area contributed by atoms with Gasteiger partial charge in [-0.3, -0.25) is 9.59 Å². The largest absolute Gasteiger partial charge is 0.355 e. The second-order valence-electron chi connectivity index (χ2n) is 3.58. The van der Waals surface area contributed by atoms with Crippen molar-refractivity contribution in [2.24, 2.45) is 5.92 Å². The minimum absolute atomic E-state index is 0.0216. The number of nitrogens with one attached hydrogen (secondary N) is 2. The Labute approximate surface area is 91.8 Å². The van der Waals surface area contributed by atoms with Crippen molar-refractivity contribution >= 4 is 11.8 Å². The Kier molecular flexibility index (Phi) is 7.68. The fourth-order valence-electron chi connectivity index (χ4n) is 1.30. The zero-order chi connectivity index (χ0) is 11.7. The SMILES string of the molecule is CCCNC(=O)CNC(=O)C(CC)CC. The third-order valence-corrected chi connectivity index (χ3v) is 2.35. The average Bonchev–Trinajstić information content (AvgIpc) is 2.25. The molecule has 4 nitrogen and oxygen atoms in total. The van der Waals surface area contributed by atoms with E-state index in [0.29, 0.717) is 6.54 Å². The van der Waals surface area contributed by atoms with E-state index in [2.05, 4.69) is 10.6 Å².